The van der Waals surface area contributed by atoms with Gasteiger partial charge in [0.25, 0.3) is 0 Å². The number of fused-ring (bicyclic) bond motifs is 1. The van der Waals surface area contributed by atoms with Crippen LogP contribution >= 0.6 is 0 Å². The average molecular weight is 342 g/mol. The molecule has 132 valence electrons. The molecule has 7 nitrogen and oxygen atoms in total. The van der Waals surface area contributed by atoms with E-state index in [2.05, 4.69) is 21.9 Å². The van der Waals surface area contributed by atoms with Gasteiger partial charge in [0, 0.05) is 36.9 Å². The summed E-state index contributed by atoms with van der Waals surface area (Å²) >= 11 is 0. The zero-order chi connectivity index (χ0) is 17.8. The zero-order valence-corrected chi connectivity index (χ0v) is 14.2. The number of pyridine rings is 1. The molecule has 1 aliphatic rings. The molecule has 25 heavy (non-hydrogen) atoms. The van der Waals surface area contributed by atoms with Gasteiger partial charge in [-0.15, -0.1) is 0 Å². The minimum absolute atomic E-state index is 0.0475. The largest absolute Gasteiger partial charge is 0.462 e. The van der Waals surface area contributed by atoms with Gasteiger partial charge >= 0.3 is 5.97 Å². The number of piperidine rings is 1. The van der Waals surface area contributed by atoms with E-state index in [1.165, 1.54) is 12.3 Å². The fourth-order valence-corrected chi connectivity index (χ4v) is 3.16. The monoisotopic (exact) mass is 342 g/mol. The lowest BCUT2D eigenvalue weighted by Crippen LogP contribution is -2.44. The van der Waals surface area contributed by atoms with Gasteiger partial charge in [0.05, 0.1) is 12.3 Å². The number of anilines is 1. The van der Waals surface area contributed by atoms with Crippen LogP contribution in [0, 0.1) is 0 Å². The SMILES string of the molecule is C=CC(=O)N1CCCC(Nc2c(C(=O)OCC)cnc3[nH]ccc23)C1. The number of H-pyrrole nitrogens is 1. The Labute approximate surface area is 146 Å². The second kappa shape index (κ2) is 7.38. The number of amides is 1. The number of nitrogens with one attached hydrogen (secondary N) is 2. The van der Waals surface area contributed by atoms with Crippen LogP contribution in [0.5, 0.6) is 0 Å². The molecule has 3 heterocycles. The first-order chi connectivity index (χ1) is 12.1. The van der Waals surface area contributed by atoms with Crippen LogP contribution in [0.4, 0.5) is 5.69 Å². The highest BCUT2D eigenvalue weighted by molar-refractivity contribution is 6.04. The molecule has 1 aliphatic heterocycles. The van der Waals surface area contributed by atoms with Crippen molar-refractivity contribution in [2.75, 3.05) is 25.0 Å². The van der Waals surface area contributed by atoms with E-state index in [1.807, 2.05) is 6.07 Å². The zero-order valence-electron chi connectivity index (χ0n) is 14.2. The van der Waals surface area contributed by atoms with Crippen LogP contribution in [0.3, 0.4) is 0 Å². The highest BCUT2D eigenvalue weighted by Crippen LogP contribution is 2.28. The molecule has 0 aliphatic carbocycles. The summed E-state index contributed by atoms with van der Waals surface area (Å²) in [7, 11) is 0. The Morgan fingerprint density at radius 1 is 1.56 bits per heavy atom. The summed E-state index contributed by atoms with van der Waals surface area (Å²) in [5, 5.41) is 4.27. The van der Waals surface area contributed by atoms with Crippen LogP contribution in [0.15, 0.2) is 31.1 Å². The summed E-state index contributed by atoms with van der Waals surface area (Å²) in [6.07, 6.45) is 6.45. The van der Waals surface area contributed by atoms with E-state index >= 15 is 0 Å². The van der Waals surface area contributed by atoms with Crippen molar-refractivity contribution in [2.24, 2.45) is 0 Å². The van der Waals surface area contributed by atoms with Gasteiger partial charge in [-0.25, -0.2) is 9.78 Å². The predicted molar refractivity (Wildman–Crippen MR) is 95.5 cm³/mol. The lowest BCUT2D eigenvalue weighted by atomic mass is 10.0. The average Bonchev–Trinajstić information content (AvgIpc) is 3.11. The van der Waals surface area contributed by atoms with Crippen LogP contribution in [-0.2, 0) is 9.53 Å². The van der Waals surface area contributed by atoms with E-state index in [0.717, 1.165) is 24.8 Å². The van der Waals surface area contributed by atoms with Crippen molar-refractivity contribution < 1.29 is 14.3 Å². The van der Waals surface area contributed by atoms with Crippen molar-refractivity contribution in [1.82, 2.24) is 14.9 Å². The van der Waals surface area contributed by atoms with Crippen molar-refractivity contribution in [2.45, 2.75) is 25.8 Å². The molecule has 0 saturated carbocycles. The molecule has 3 rings (SSSR count). The number of hydrogen-bond donors (Lipinski definition) is 2. The van der Waals surface area contributed by atoms with Crippen molar-refractivity contribution in [3.63, 3.8) is 0 Å². The third-order valence-corrected chi connectivity index (χ3v) is 4.34. The molecule has 1 unspecified atom stereocenters. The maximum absolute atomic E-state index is 12.3. The minimum Gasteiger partial charge on any atom is -0.462 e. The molecule has 1 atom stereocenters. The number of likely N-dealkylation sites (tertiary alicyclic amines) is 1. The molecule has 1 amide bonds. The maximum Gasteiger partial charge on any atom is 0.341 e. The highest BCUT2D eigenvalue weighted by Gasteiger charge is 2.25. The van der Waals surface area contributed by atoms with Crippen LogP contribution in [-0.4, -0.2) is 52.5 Å². The number of nitrogens with zero attached hydrogens (tertiary/aromatic N) is 2. The summed E-state index contributed by atoms with van der Waals surface area (Å²) in [6.45, 7) is 6.92. The van der Waals surface area contributed by atoms with Gasteiger partial charge in [0.2, 0.25) is 5.91 Å². The number of carbonyl (C=O) groups excluding carboxylic acids is 2. The van der Waals surface area contributed by atoms with E-state index < -0.39 is 5.97 Å². The van der Waals surface area contributed by atoms with Gasteiger partial charge in [0.15, 0.2) is 0 Å². The maximum atomic E-state index is 12.3. The topological polar surface area (TPSA) is 87.3 Å². The second-order valence-corrected chi connectivity index (χ2v) is 5.98. The first kappa shape index (κ1) is 17.0. The lowest BCUT2D eigenvalue weighted by molar-refractivity contribution is -0.127. The molecule has 7 heteroatoms. The van der Waals surface area contributed by atoms with E-state index in [-0.39, 0.29) is 11.9 Å². The molecule has 0 spiro atoms. The van der Waals surface area contributed by atoms with E-state index in [0.29, 0.717) is 30.0 Å². The molecule has 0 aromatic carbocycles. The lowest BCUT2D eigenvalue weighted by Gasteiger charge is -2.33. The fourth-order valence-electron chi connectivity index (χ4n) is 3.16. The van der Waals surface area contributed by atoms with E-state index in [9.17, 15) is 9.59 Å². The number of esters is 1. The van der Waals surface area contributed by atoms with Crippen molar-refractivity contribution in [3.8, 4) is 0 Å². The first-order valence-electron chi connectivity index (χ1n) is 8.45. The highest BCUT2D eigenvalue weighted by atomic mass is 16.5. The van der Waals surface area contributed by atoms with Gasteiger partial charge < -0.3 is 19.9 Å². The Bertz CT molecular complexity index is 799. The molecular formula is C18H22N4O3. The summed E-state index contributed by atoms with van der Waals surface area (Å²) in [6, 6.07) is 1.93. The fraction of sp³-hybridized carbons (Fsp3) is 0.389. The molecule has 2 N–H and O–H groups in total. The normalized spacial score (nSPS) is 17.3. The second-order valence-electron chi connectivity index (χ2n) is 5.98. The van der Waals surface area contributed by atoms with Gasteiger partial charge in [-0.1, -0.05) is 6.58 Å². The molecule has 2 aromatic heterocycles. The number of aromatic nitrogens is 2. The number of aromatic amines is 1. The van der Waals surface area contributed by atoms with Gasteiger partial charge in [-0.05, 0) is 31.9 Å². The summed E-state index contributed by atoms with van der Waals surface area (Å²) < 4.78 is 5.15. The van der Waals surface area contributed by atoms with Gasteiger partial charge in [0.1, 0.15) is 11.2 Å². The number of hydrogen-bond acceptors (Lipinski definition) is 5. The molecule has 1 saturated heterocycles. The molecule has 1 fully saturated rings. The Kier molecular flexibility index (Phi) is 5.02. The number of rotatable bonds is 5. The smallest absolute Gasteiger partial charge is 0.341 e. The molecular weight excluding hydrogens is 320 g/mol. The Morgan fingerprint density at radius 2 is 2.40 bits per heavy atom. The molecule has 0 radical (unpaired) electrons. The van der Waals surface area contributed by atoms with Crippen LogP contribution in [0.1, 0.15) is 30.1 Å². The third-order valence-electron chi connectivity index (χ3n) is 4.34. The number of carbonyl (C=O) groups is 2. The third kappa shape index (κ3) is 3.50. The van der Waals surface area contributed by atoms with E-state index in [1.54, 1.807) is 18.0 Å². The van der Waals surface area contributed by atoms with Crippen molar-refractivity contribution >= 4 is 28.6 Å². The molecule has 0 bridgehead atoms. The Hall–Kier alpha value is -2.83. The van der Waals surface area contributed by atoms with Crippen molar-refractivity contribution in [1.29, 1.82) is 0 Å². The van der Waals surface area contributed by atoms with Crippen LogP contribution in [0.25, 0.3) is 11.0 Å². The minimum atomic E-state index is -0.407. The quantitative estimate of drug-likeness (QED) is 0.643. The van der Waals surface area contributed by atoms with Crippen LogP contribution < -0.4 is 5.32 Å². The van der Waals surface area contributed by atoms with E-state index in [4.69, 9.17) is 4.74 Å². The number of ether oxygens (including phenoxy) is 1. The summed E-state index contributed by atoms with van der Waals surface area (Å²) in [5.41, 5.74) is 1.80. The molecule has 2 aromatic rings. The Balaban J connectivity index is 1.90. The van der Waals surface area contributed by atoms with Crippen molar-refractivity contribution in [3.05, 3.63) is 36.7 Å². The van der Waals surface area contributed by atoms with Gasteiger partial charge in [-0.2, -0.15) is 0 Å². The van der Waals surface area contributed by atoms with Gasteiger partial charge in [-0.3, -0.25) is 4.79 Å². The summed E-state index contributed by atoms with van der Waals surface area (Å²) in [4.78, 5) is 33.3. The predicted octanol–water partition coefficient (Wildman–Crippen LogP) is 2.33. The van der Waals surface area contributed by atoms with Crippen LogP contribution in [0.2, 0.25) is 0 Å². The summed E-state index contributed by atoms with van der Waals surface area (Å²) in [5.74, 6) is -0.478. The first-order valence-corrected chi connectivity index (χ1v) is 8.45. The Morgan fingerprint density at radius 3 is 3.16 bits per heavy atom. The standard InChI is InChI=1S/C18H22N4O3/c1-3-15(23)22-9-5-6-12(11-22)21-16-13-7-8-19-17(13)20-10-14(16)18(24)25-4-2/h3,7-8,10,12H,1,4-6,9,11H2,2H3,(H2,19,20,21).